The van der Waals surface area contributed by atoms with Gasteiger partial charge in [-0.2, -0.15) is 0 Å². The van der Waals surface area contributed by atoms with Gasteiger partial charge in [-0.25, -0.2) is 18.1 Å². The Morgan fingerprint density at radius 3 is 2.47 bits per heavy atom. The lowest BCUT2D eigenvalue weighted by atomic mass is 10.1. The molecule has 164 valence electrons. The molecule has 0 radical (unpaired) electrons. The summed E-state index contributed by atoms with van der Waals surface area (Å²) in [5, 5.41) is 2.80. The van der Waals surface area contributed by atoms with Crippen LogP contribution in [-0.4, -0.2) is 19.3 Å². The van der Waals surface area contributed by atoms with Gasteiger partial charge in [-0.05, 0) is 48.9 Å². The molecular weight excluding hydrogens is 430 g/mol. The Bertz CT molecular complexity index is 1340. The summed E-state index contributed by atoms with van der Waals surface area (Å²) in [6.45, 7) is 3.53. The molecule has 9 heteroatoms. The van der Waals surface area contributed by atoms with Crippen molar-refractivity contribution in [2.75, 3.05) is 5.32 Å². The summed E-state index contributed by atoms with van der Waals surface area (Å²) < 4.78 is 38.1. The van der Waals surface area contributed by atoms with Crippen molar-refractivity contribution in [3.8, 4) is 11.3 Å². The van der Waals surface area contributed by atoms with E-state index in [2.05, 4.69) is 15.0 Å². The summed E-state index contributed by atoms with van der Waals surface area (Å²) in [6.07, 6.45) is 3.04. The van der Waals surface area contributed by atoms with Crippen LogP contribution in [-0.2, 0) is 16.6 Å². The van der Waals surface area contributed by atoms with Crippen molar-refractivity contribution in [3.63, 3.8) is 0 Å². The number of aromatic nitrogens is 1. The maximum absolute atomic E-state index is 12.8. The molecule has 0 aliphatic heterocycles. The molecule has 2 aromatic heterocycles. The van der Waals surface area contributed by atoms with Crippen molar-refractivity contribution in [2.24, 2.45) is 0 Å². The van der Waals surface area contributed by atoms with E-state index in [1.807, 2.05) is 12.1 Å². The third kappa shape index (κ3) is 4.79. The number of carbonyl (C=O) groups is 1. The van der Waals surface area contributed by atoms with Gasteiger partial charge in [-0.15, -0.1) is 0 Å². The first-order valence-corrected chi connectivity index (χ1v) is 11.3. The van der Waals surface area contributed by atoms with Crippen LogP contribution in [0.5, 0.6) is 0 Å². The fourth-order valence-electron chi connectivity index (χ4n) is 3.09. The largest absolute Gasteiger partial charge is 0.468 e. The normalized spacial score (nSPS) is 11.4. The summed E-state index contributed by atoms with van der Waals surface area (Å²) in [5.41, 5.74) is 3.05. The van der Waals surface area contributed by atoms with Crippen molar-refractivity contribution >= 4 is 21.6 Å². The number of anilines is 1. The lowest BCUT2D eigenvalue weighted by Gasteiger charge is -2.11. The van der Waals surface area contributed by atoms with Crippen LogP contribution in [0, 0.1) is 13.8 Å². The molecule has 4 aromatic rings. The maximum atomic E-state index is 12.8. The van der Waals surface area contributed by atoms with E-state index in [1.54, 1.807) is 50.4 Å². The summed E-state index contributed by atoms with van der Waals surface area (Å²) in [4.78, 5) is 17.1. The van der Waals surface area contributed by atoms with Gasteiger partial charge in [0.15, 0.2) is 5.89 Å². The summed E-state index contributed by atoms with van der Waals surface area (Å²) in [7, 11) is -3.82. The van der Waals surface area contributed by atoms with Crippen LogP contribution in [0.3, 0.4) is 0 Å². The van der Waals surface area contributed by atoms with Crippen molar-refractivity contribution in [3.05, 3.63) is 89.9 Å². The van der Waals surface area contributed by atoms with Crippen LogP contribution in [0.15, 0.2) is 80.9 Å². The van der Waals surface area contributed by atoms with Crippen LogP contribution >= 0.6 is 0 Å². The van der Waals surface area contributed by atoms with Gasteiger partial charge in [0.05, 0.1) is 17.7 Å². The molecule has 0 bridgehead atoms. The third-order valence-electron chi connectivity index (χ3n) is 4.84. The van der Waals surface area contributed by atoms with E-state index in [0.29, 0.717) is 28.6 Å². The number of hydrogen-bond acceptors (Lipinski definition) is 6. The lowest BCUT2D eigenvalue weighted by molar-refractivity contribution is 0.102. The van der Waals surface area contributed by atoms with Gasteiger partial charge in [0.2, 0.25) is 10.0 Å². The molecule has 0 saturated heterocycles. The second kappa shape index (κ2) is 8.81. The number of nitrogens with one attached hydrogen (secondary N) is 2. The van der Waals surface area contributed by atoms with E-state index in [9.17, 15) is 13.2 Å². The van der Waals surface area contributed by atoms with Crippen molar-refractivity contribution in [2.45, 2.75) is 25.3 Å². The number of aryl methyl sites for hydroxylation is 2. The number of furan rings is 1. The molecule has 2 aromatic carbocycles. The number of nitrogens with zero attached hydrogens (tertiary/aromatic N) is 1. The van der Waals surface area contributed by atoms with E-state index < -0.39 is 15.9 Å². The standard InChI is InChI=1S/C23H21N3O5S/c1-15-5-10-20(32(28,29)24-13-19-4-3-11-30-19)12-21(15)23(27)26-18-8-6-17(7-9-18)22-14-31-16(2)25-22/h3-12,14,24H,13H2,1-2H3,(H,26,27). The molecule has 0 atom stereocenters. The van der Waals surface area contributed by atoms with Crippen LogP contribution < -0.4 is 10.0 Å². The van der Waals surface area contributed by atoms with Crippen LogP contribution in [0.1, 0.15) is 27.6 Å². The van der Waals surface area contributed by atoms with Gasteiger partial charge in [-0.1, -0.05) is 18.2 Å². The Labute approximate surface area is 185 Å². The van der Waals surface area contributed by atoms with Crippen molar-refractivity contribution in [1.29, 1.82) is 0 Å². The zero-order chi connectivity index (χ0) is 22.7. The monoisotopic (exact) mass is 451 g/mol. The number of oxazole rings is 1. The van der Waals surface area contributed by atoms with E-state index in [-0.39, 0.29) is 17.0 Å². The minimum Gasteiger partial charge on any atom is -0.468 e. The Kier molecular flexibility index (Phi) is 5.93. The quantitative estimate of drug-likeness (QED) is 0.433. The highest BCUT2D eigenvalue weighted by Crippen LogP contribution is 2.22. The highest BCUT2D eigenvalue weighted by molar-refractivity contribution is 7.89. The van der Waals surface area contributed by atoms with Gasteiger partial charge >= 0.3 is 0 Å². The second-order valence-corrected chi connectivity index (χ2v) is 8.93. The summed E-state index contributed by atoms with van der Waals surface area (Å²) in [5.74, 6) is 0.653. The van der Waals surface area contributed by atoms with Gasteiger partial charge in [-0.3, -0.25) is 4.79 Å². The van der Waals surface area contributed by atoms with Crippen LogP contribution in [0.2, 0.25) is 0 Å². The first kappa shape index (κ1) is 21.5. The highest BCUT2D eigenvalue weighted by atomic mass is 32.2. The average molecular weight is 452 g/mol. The number of sulfonamides is 1. The Morgan fingerprint density at radius 1 is 1.03 bits per heavy atom. The Morgan fingerprint density at radius 2 is 1.81 bits per heavy atom. The molecule has 0 spiro atoms. The highest BCUT2D eigenvalue weighted by Gasteiger charge is 2.18. The molecular formula is C23H21N3O5S. The minimum absolute atomic E-state index is 0.00319. The zero-order valence-electron chi connectivity index (χ0n) is 17.5. The molecule has 0 unspecified atom stereocenters. The SMILES string of the molecule is Cc1nc(-c2ccc(NC(=O)c3cc(S(=O)(=O)NCc4ccco4)ccc3C)cc2)co1. The third-order valence-corrected chi connectivity index (χ3v) is 6.24. The molecule has 1 amide bonds. The van der Waals surface area contributed by atoms with Crippen molar-refractivity contribution < 1.29 is 22.0 Å². The Balaban J connectivity index is 1.49. The first-order chi connectivity index (χ1) is 15.3. The molecule has 0 saturated carbocycles. The predicted molar refractivity (Wildman–Crippen MR) is 119 cm³/mol. The van der Waals surface area contributed by atoms with Gasteiger partial charge in [0, 0.05) is 23.7 Å². The molecule has 0 fully saturated rings. The van der Waals surface area contributed by atoms with E-state index >= 15 is 0 Å². The molecule has 4 rings (SSSR count). The number of carbonyl (C=O) groups excluding carboxylic acids is 1. The molecule has 0 aliphatic rings. The van der Waals surface area contributed by atoms with Crippen molar-refractivity contribution in [1.82, 2.24) is 9.71 Å². The van der Waals surface area contributed by atoms with E-state index in [0.717, 1.165) is 5.56 Å². The van der Waals surface area contributed by atoms with Gasteiger partial charge in [0.25, 0.3) is 5.91 Å². The Hall–Kier alpha value is -3.69. The molecule has 2 N–H and O–H groups in total. The average Bonchev–Trinajstić information content (AvgIpc) is 3.45. The fraction of sp³-hybridized carbons (Fsp3) is 0.130. The molecule has 0 aliphatic carbocycles. The van der Waals surface area contributed by atoms with Gasteiger partial charge < -0.3 is 14.2 Å². The predicted octanol–water partition coefficient (Wildman–Crippen LogP) is 4.28. The van der Waals surface area contributed by atoms with E-state index in [4.69, 9.17) is 8.83 Å². The summed E-state index contributed by atoms with van der Waals surface area (Å²) >= 11 is 0. The van der Waals surface area contributed by atoms with Gasteiger partial charge in [0.1, 0.15) is 17.7 Å². The number of benzene rings is 2. The second-order valence-electron chi connectivity index (χ2n) is 7.16. The molecule has 8 nitrogen and oxygen atoms in total. The number of rotatable bonds is 7. The molecule has 32 heavy (non-hydrogen) atoms. The van der Waals surface area contributed by atoms with Crippen LogP contribution in [0.4, 0.5) is 5.69 Å². The smallest absolute Gasteiger partial charge is 0.255 e. The summed E-state index contributed by atoms with van der Waals surface area (Å²) in [6, 6.07) is 14.9. The first-order valence-electron chi connectivity index (χ1n) is 9.78. The lowest BCUT2D eigenvalue weighted by Crippen LogP contribution is -2.24. The minimum atomic E-state index is -3.82. The number of amides is 1. The maximum Gasteiger partial charge on any atom is 0.255 e. The fourth-order valence-corrected chi connectivity index (χ4v) is 4.11. The number of hydrogen-bond donors (Lipinski definition) is 2. The van der Waals surface area contributed by atoms with E-state index in [1.165, 1.54) is 18.4 Å². The topological polar surface area (TPSA) is 114 Å². The molecule has 2 heterocycles. The zero-order valence-corrected chi connectivity index (χ0v) is 18.3. The van der Waals surface area contributed by atoms with Crippen LogP contribution in [0.25, 0.3) is 11.3 Å².